The highest BCUT2D eigenvalue weighted by atomic mass is 19.1. The molecule has 0 saturated carbocycles. The van der Waals surface area contributed by atoms with Gasteiger partial charge in [-0.15, -0.1) is 0 Å². The Balaban J connectivity index is 2.55. The molecule has 1 aromatic heterocycles. The van der Waals surface area contributed by atoms with Gasteiger partial charge in [0.2, 0.25) is 0 Å². The lowest BCUT2D eigenvalue weighted by Crippen LogP contribution is -2.07. The van der Waals surface area contributed by atoms with Gasteiger partial charge in [0.1, 0.15) is 5.69 Å². The lowest BCUT2D eigenvalue weighted by atomic mass is 10.2. The highest BCUT2D eigenvalue weighted by Gasteiger charge is 2.08. The van der Waals surface area contributed by atoms with E-state index in [1.54, 1.807) is 12.1 Å². The quantitative estimate of drug-likeness (QED) is 0.765. The van der Waals surface area contributed by atoms with Crippen molar-refractivity contribution in [1.29, 1.82) is 0 Å². The number of benzene rings is 1. The maximum atomic E-state index is 13.6. The zero-order valence-electron chi connectivity index (χ0n) is 9.61. The molecule has 1 aromatic carbocycles. The molecule has 0 bridgehead atoms. The van der Waals surface area contributed by atoms with Gasteiger partial charge in [0.05, 0.1) is 11.6 Å². The van der Waals surface area contributed by atoms with Crippen LogP contribution in [0.3, 0.4) is 0 Å². The molecule has 0 N–H and O–H groups in total. The Hall–Kier alpha value is -1.97. The molecule has 0 aliphatic heterocycles. The molecule has 2 rings (SSSR count). The normalized spacial score (nSPS) is 10.8. The van der Waals surface area contributed by atoms with Crippen molar-refractivity contribution in [2.75, 3.05) is 0 Å². The van der Waals surface area contributed by atoms with E-state index in [1.807, 2.05) is 13.8 Å². The lowest BCUT2D eigenvalue weighted by Gasteiger charge is -2.11. The first kappa shape index (κ1) is 11.5. The Morgan fingerprint density at radius 2 is 2.12 bits per heavy atom. The molecule has 3 nitrogen and oxygen atoms in total. The van der Waals surface area contributed by atoms with Gasteiger partial charge in [-0.3, -0.25) is 4.79 Å². The standard InChI is InChI=1S/C13H12FNO2/c1-8(2)17-13-6-12-9(5-11(13)14)3-4-10(7-16)15-12/h3-8H,1-2H3. The van der Waals surface area contributed by atoms with Crippen molar-refractivity contribution in [2.24, 2.45) is 0 Å². The summed E-state index contributed by atoms with van der Waals surface area (Å²) in [7, 11) is 0. The number of hydrogen-bond donors (Lipinski definition) is 0. The van der Waals surface area contributed by atoms with Crippen LogP contribution in [0.2, 0.25) is 0 Å². The molecule has 0 radical (unpaired) electrons. The molecule has 0 amide bonds. The largest absolute Gasteiger partial charge is 0.488 e. The minimum absolute atomic E-state index is 0.115. The molecule has 0 spiro atoms. The van der Waals surface area contributed by atoms with E-state index in [9.17, 15) is 9.18 Å². The highest BCUT2D eigenvalue weighted by Crippen LogP contribution is 2.24. The molecule has 17 heavy (non-hydrogen) atoms. The molecular weight excluding hydrogens is 221 g/mol. The van der Waals surface area contributed by atoms with Crippen LogP contribution >= 0.6 is 0 Å². The summed E-state index contributed by atoms with van der Waals surface area (Å²) >= 11 is 0. The Morgan fingerprint density at radius 3 is 2.76 bits per heavy atom. The Labute approximate surface area is 98.2 Å². The third kappa shape index (κ3) is 2.41. The SMILES string of the molecule is CC(C)Oc1cc2nc(C=O)ccc2cc1F. The number of rotatable bonds is 3. The molecule has 1 heterocycles. The molecule has 0 fully saturated rings. The molecule has 0 aliphatic rings. The van der Waals surface area contributed by atoms with Crippen LogP contribution in [-0.4, -0.2) is 17.4 Å². The second-order valence-electron chi connectivity index (χ2n) is 4.00. The van der Waals surface area contributed by atoms with Gasteiger partial charge in [-0.05, 0) is 26.0 Å². The van der Waals surface area contributed by atoms with Crippen LogP contribution in [-0.2, 0) is 0 Å². The number of halogens is 1. The molecule has 0 aliphatic carbocycles. The number of hydrogen-bond acceptors (Lipinski definition) is 3. The van der Waals surface area contributed by atoms with E-state index >= 15 is 0 Å². The van der Waals surface area contributed by atoms with Crippen LogP contribution in [0.1, 0.15) is 24.3 Å². The van der Waals surface area contributed by atoms with Gasteiger partial charge >= 0.3 is 0 Å². The van der Waals surface area contributed by atoms with Crippen molar-refractivity contribution in [3.8, 4) is 5.75 Å². The zero-order chi connectivity index (χ0) is 12.4. The van der Waals surface area contributed by atoms with Crippen molar-refractivity contribution in [3.05, 3.63) is 35.8 Å². The van der Waals surface area contributed by atoms with Crippen LogP contribution in [0.15, 0.2) is 24.3 Å². The fourth-order valence-corrected chi connectivity index (χ4v) is 1.55. The lowest BCUT2D eigenvalue weighted by molar-refractivity contribution is 0.111. The smallest absolute Gasteiger partial charge is 0.168 e. The second-order valence-corrected chi connectivity index (χ2v) is 4.00. The van der Waals surface area contributed by atoms with Crippen LogP contribution in [0.4, 0.5) is 4.39 Å². The summed E-state index contributed by atoms with van der Waals surface area (Å²) in [4.78, 5) is 14.7. The van der Waals surface area contributed by atoms with E-state index in [0.717, 1.165) is 0 Å². The van der Waals surface area contributed by atoms with Gasteiger partial charge < -0.3 is 4.74 Å². The fraction of sp³-hybridized carbons (Fsp3) is 0.231. The summed E-state index contributed by atoms with van der Waals surface area (Å²) in [6, 6.07) is 6.08. The number of aromatic nitrogens is 1. The van der Waals surface area contributed by atoms with Crippen LogP contribution in [0.5, 0.6) is 5.75 Å². The number of carbonyl (C=O) groups is 1. The summed E-state index contributed by atoms with van der Waals surface area (Å²) in [6.45, 7) is 3.64. The zero-order valence-corrected chi connectivity index (χ0v) is 9.61. The van der Waals surface area contributed by atoms with Crippen LogP contribution in [0, 0.1) is 5.82 Å². The molecular formula is C13H12FNO2. The Bertz CT molecular complexity index is 567. The Kier molecular flexibility index (Phi) is 3.04. The summed E-state index contributed by atoms with van der Waals surface area (Å²) in [5.74, 6) is -0.269. The minimum atomic E-state index is -0.424. The summed E-state index contributed by atoms with van der Waals surface area (Å²) in [5.41, 5.74) is 0.867. The van der Waals surface area contributed by atoms with Crippen molar-refractivity contribution in [1.82, 2.24) is 4.98 Å². The van der Waals surface area contributed by atoms with Gasteiger partial charge in [-0.2, -0.15) is 0 Å². The number of aldehydes is 1. The molecule has 0 saturated heterocycles. The average molecular weight is 233 g/mol. The summed E-state index contributed by atoms with van der Waals surface area (Å²) in [5, 5.41) is 0.643. The molecule has 0 atom stereocenters. The summed E-state index contributed by atoms with van der Waals surface area (Å²) in [6.07, 6.45) is 0.544. The van der Waals surface area contributed by atoms with E-state index in [1.165, 1.54) is 12.1 Å². The van der Waals surface area contributed by atoms with Crippen molar-refractivity contribution >= 4 is 17.2 Å². The van der Waals surface area contributed by atoms with Gasteiger partial charge in [-0.25, -0.2) is 9.37 Å². The first-order valence-electron chi connectivity index (χ1n) is 5.32. The fourth-order valence-electron chi connectivity index (χ4n) is 1.55. The maximum absolute atomic E-state index is 13.6. The predicted molar refractivity (Wildman–Crippen MR) is 62.9 cm³/mol. The number of pyridine rings is 1. The van der Waals surface area contributed by atoms with E-state index in [-0.39, 0.29) is 11.9 Å². The summed E-state index contributed by atoms with van der Waals surface area (Å²) < 4.78 is 19.0. The highest BCUT2D eigenvalue weighted by molar-refractivity contribution is 5.84. The van der Waals surface area contributed by atoms with Crippen LogP contribution in [0.25, 0.3) is 10.9 Å². The minimum Gasteiger partial charge on any atom is -0.488 e. The topological polar surface area (TPSA) is 39.2 Å². The second kappa shape index (κ2) is 4.49. The first-order valence-corrected chi connectivity index (χ1v) is 5.32. The van der Waals surface area contributed by atoms with E-state index < -0.39 is 5.82 Å². The molecule has 4 heteroatoms. The number of nitrogens with zero attached hydrogens (tertiary/aromatic N) is 1. The maximum Gasteiger partial charge on any atom is 0.168 e. The third-order valence-electron chi connectivity index (χ3n) is 2.25. The molecule has 2 aromatic rings. The van der Waals surface area contributed by atoms with Crippen LogP contribution < -0.4 is 4.74 Å². The predicted octanol–water partition coefficient (Wildman–Crippen LogP) is 2.97. The van der Waals surface area contributed by atoms with Gasteiger partial charge in [-0.1, -0.05) is 6.07 Å². The number of ether oxygens (including phenoxy) is 1. The number of carbonyl (C=O) groups excluding carboxylic acids is 1. The number of fused-ring (bicyclic) bond motifs is 1. The third-order valence-corrected chi connectivity index (χ3v) is 2.25. The van der Waals surface area contributed by atoms with Crippen molar-refractivity contribution in [2.45, 2.75) is 20.0 Å². The van der Waals surface area contributed by atoms with Gasteiger partial charge in [0, 0.05) is 11.5 Å². The average Bonchev–Trinajstić information content (AvgIpc) is 2.29. The Morgan fingerprint density at radius 1 is 1.35 bits per heavy atom. The van der Waals surface area contributed by atoms with Gasteiger partial charge in [0.25, 0.3) is 0 Å². The van der Waals surface area contributed by atoms with Gasteiger partial charge in [0.15, 0.2) is 17.9 Å². The molecule has 88 valence electrons. The monoisotopic (exact) mass is 233 g/mol. The van der Waals surface area contributed by atoms with E-state index in [2.05, 4.69) is 4.98 Å². The molecule has 0 unspecified atom stereocenters. The van der Waals surface area contributed by atoms with E-state index in [4.69, 9.17) is 4.74 Å². The van der Waals surface area contributed by atoms with Crippen molar-refractivity contribution in [3.63, 3.8) is 0 Å². The first-order chi connectivity index (χ1) is 8.10. The van der Waals surface area contributed by atoms with E-state index in [0.29, 0.717) is 22.9 Å². The van der Waals surface area contributed by atoms with Crippen molar-refractivity contribution < 1.29 is 13.9 Å².